The molecule has 0 spiro atoms. The van der Waals surface area contributed by atoms with Crippen LogP contribution in [-0.2, 0) is 11.2 Å². The van der Waals surface area contributed by atoms with Gasteiger partial charge in [-0.15, -0.1) is 0 Å². The maximum absolute atomic E-state index is 12.8. The predicted octanol–water partition coefficient (Wildman–Crippen LogP) is 2.65. The summed E-state index contributed by atoms with van der Waals surface area (Å²) in [7, 11) is 0. The van der Waals surface area contributed by atoms with E-state index in [1.54, 1.807) is 6.20 Å². The summed E-state index contributed by atoms with van der Waals surface area (Å²) in [4.78, 5) is 16.2. The highest BCUT2D eigenvalue weighted by molar-refractivity contribution is 5.92. The average Bonchev–Trinajstić information content (AvgIpc) is 2.91. The van der Waals surface area contributed by atoms with E-state index in [-0.39, 0.29) is 18.1 Å². The number of carbonyl (C=O) groups excluding carboxylic acids is 1. The number of benzene rings is 1. The van der Waals surface area contributed by atoms with Crippen molar-refractivity contribution in [2.45, 2.75) is 6.42 Å². The van der Waals surface area contributed by atoms with Crippen molar-refractivity contribution >= 4 is 17.2 Å². The second kappa shape index (κ2) is 5.13. The van der Waals surface area contributed by atoms with Gasteiger partial charge in [-0.3, -0.25) is 4.79 Å². The predicted molar refractivity (Wildman–Crippen MR) is 73.9 cm³/mol. The van der Waals surface area contributed by atoms with Crippen LogP contribution in [0, 0.1) is 5.82 Å². The van der Waals surface area contributed by atoms with Crippen molar-refractivity contribution in [1.82, 2.24) is 9.38 Å². The first-order valence-corrected chi connectivity index (χ1v) is 6.19. The van der Waals surface area contributed by atoms with E-state index in [1.807, 2.05) is 28.8 Å². The lowest BCUT2D eigenvalue weighted by Crippen LogP contribution is -2.16. The molecule has 1 aromatic carbocycles. The molecule has 0 aliphatic heterocycles. The number of imidazole rings is 1. The molecule has 5 heteroatoms. The summed E-state index contributed by atoms with van der Waals surface area (Å²) in [5.74, 6) is -0.482. The minimum Gasteiger partial charge on any atom is -0.326 e. The SMILES string of the molecule is O=C(Cc1cccc2nccn12)Nc1ccc(F)cc1. The van der Waals surface area contributed by atoms with Gasteiger partial charge in [-0.25, -0.2) is 9.37 Å². The molecular weight excluding hydrogens is 257 g/mol. The fourth-order valence-electron chi connectivity index (χ4n) is 2.05. The zero-order valence-electron chi connectivity index (χ0n) is 10.6. The van der Waals surface area contributed by atoms with Crippen LogP contribution in [0.15, 0.2) is 54.9 Å². The molecule has 1 N–H and O–H groups in total. The highest BCUT2D eigenvalue weighted by Gasteiger charge is 2.07. The number of halogens is 1. The van der Waals surface area contributed by atoms with Crippen molar-refractivity contribution < 1.29 is 9.18 Å². The van der Waals surface area contributed by atoms with Crippen LogP contribution in [0.2, 0.25) is 0 Å². The highest BCUT2D eigenvalue weighted by atomic mass is 19.1. The van der Waals surface area contributed by atoms with Crippen LogP contribution < -0.4 is 5.32 Å². The van der Waals surface area contributed by atoms with Gasteiger partial charge < -0.3 is 9.72 Å². The molecule has 0 unspecified atom stereocenters. The molecule has 0 bridgehead atoms. The third-order valence-electron chi connectivity index (χ3n) is 2.98. The lowest BCUT2D eigenvalue weighted by molar-refractivity contribution is -0.115. The molecular formula is C15H12FN3O. The summed E-state index contributed by atoms with van der Waals surface area (Å²) >= 11 is 0. The van der Waals surface area contributed by atoms with Gasteiger partial charge in [0.05, 0.1) is 6.42 Å². The summed E-state index contributed by atoms with van der Waals surface area (Å²) < 4.78 is 14.7. The first-order valence-electron chi connectivity index (χ1n) is 6.19. The topological polar surface area (TPSA) is 46.4 Å². The zero-order chi connectivity index (χ0) is 13.9. The maximum atomic E-state index is 12.8. The van der Waals surface area contributed by atoms with Crippen LogP contribution in [0.25, 0.3) is 5.65 Å². The van der Waals surface area contributed by atoms with Gasteiger partial charge in [-0.05, 0) is 36.4 Å². The molecule has 2 aromatic heterocycles. The van der Waals surface area contributed by atoms with E-state index in [2.05, 4.69) is 10.3 Å². The lowest BCUT2D eigenvalue weighted by atomic mass is 10.2. The Labute approximate surface area is 114 Å². The monoisotopic (exact) mass is 269 g/mol. The molecule has 2 heterocycles. The van der Waals surface area contributed by atoms with Crippen molar-refractivity contribution in [1.29, 1.82) is 0 Å². The molecule has 0 aliphatic rings. The van der Waals surface area contributed by atoms with Gasteiger partial charge in [0.1, 0.15) is 11.5 Å². The number of rotatable bonds is 3. The number of fused-ring (bicyclic) bond motifs is 1. The largest absolute Gasteiger partial charge is 0.326 e. The number of amides is 1. The fraction of sp³-hybridized carbons (Fsp3) is 0.0667. The quantitative estimate of drug-likeness (QED) is 0.794. The molecule has 0 saturated heterocycles. The Hall–Kier alpha value is -2.69. The summed E-state index contributed by atoms with van der Waals surface area (Å²) in [5.41, 5.74) is 2.23. The van der Waals surface area contributed by atoms with Gasteiger partial charge in [0.2, 0.25) is 5.91 Å². The standard InChI is InChI=1S/C15H12FN3O/c16-11-4-6-12(7-5-11)18-15(20)10-13-2-1-3-14-17-8-9-19(13)14/h1-9H,10H2,(H,18,20). The smallest absolute Gasteiger partial charge is 0.230 e. The summed E-state index contributed by atoms with van der Waals surface area (Å²) in [5, 5.41) is 2.74. The number of hydrogen-bond acceptors (Lipinski definition) is 2. The Bertz CT molecular complexity index is 749. The number of hydrogen-bond donors (Lipinski definition) is 1. The maximum Gasteiger partial charge on any atom is 0.230 e. The second-order valence-corrected chi connectivity index (χ2v) is 4.40. The molecule has 20 heavy (non-hydrogen) atoms. The van der Waals surface area contributed by atoms with Crippen LogP contribution in [0.3, 0.4) is 0 Å². The Morgan fingerprint density at radius 3 is 2.80 bits per heavy atom. The van der Waals surface area contributed by atoms with Crippen molar-refractivity contribution in [3.8, 4) is 0 Å². The Morgan fingerprint density at radius 2 is 2.00 bits per heavy atom. The van der Waals surface area contributed by atoms with Crippen LogP contribution >= 0.6 is 0 Å². The second-order valence-electron chi connectivity index (χ2n) is 4.40. The number of carbonyl (C=O) groups is 1. The van der Waals surface area contributed by atoms with E-state index in [4.69, 9.17) is 0 Å². The molecule has 0 atom stereocenters. The molecule has 0 fully saturated rings. The Kier molecular flexibility index (Phi) is 3.16. The third-order valence-corrected chi connectivity index (χ3v) is 2.98. The lowest BCUT2D eigenvalue weighted by Gasteiger charge is -2.07. The average molecular weight is 269 g/mol. The molecule has 0 saturated carbocycles. The van der Waals surface area contributed by atoms with Gasteiger partial charge in [0, 0.05) is 23.8 Å². The minimum atomic E-state index is -0.328. The number of aromatic nitrogens is 2. The normalized spacial score (nSPS) is 10.7. The molecule has 4 nitrogen and oxygen atoms in total. The van der Waals surface area contributed by atoms with E-state index in [1.165, 1.54) is 24.3 Å². The van der Waals surface area contributed by atoms with E-state index >= 15 is 0 Å². The summed E-state index contributed by atoms with van der Waals surface area (Å²) in [6, 6.07) is 11.3. The van der Waals surface area contributed by atoms with E-state index in [0.29, 0.717) is 5.69 Å². The van der Waals surface area contributed by atoms with Gasteiger partial charge in [0.25, 0.3) is 0 Å². The van der Waals surface area contributed by atoms with Gasteiger partial charge in [0.15, 0.2) is 0 Å². The molecule has 0 radical (unpaired) electrons. The molecule has 1 amide bonds. The van der Waals surface area contributed by atoms with Crippen LogP contribution in [0.4, 0.5) is 10.1 Å². The first kappa shape index (κ1) is 12.3. The molecule has 3 rings (SSSR count). The van der Waals surface area contributed by atoms with Crippen LogP contribution in [0.1, 0.15) is 5.69 Å². The van der Waals surface area contributed by atoms with Crippen molar-refractivity contribution in [2.24, 2.45) is 0 Å². The fourth-order valence-corrected chi connectivity index (χ4v) is 2.05. The molecule has 100 valence electrons. The van der Waals surface area contributed by atoms with E-state index in [9.17, 15) is 9.18 Å². The number of nitrogens with zero attached hydrogens (tertiary/aromatic N) is 2. The van der Waals surface area contributed by atoms with Crippen molar-refractivity contribution in [2.75, 3.05) is 5.32 Å². The zero-order valence-corrected chi connectivity index (χ0v) is 10.6. The third kappa shape index (κ3) is 2.51. The Balaban J connectivity index is 1.76. The van der Waals surface area contributed by atoms with Crippen LogP contribution in [0.5, 0.6) is 0 Å². The summed E-state index contributed by atoms with van der Waals surface area (Å²) in [6.45, 7) is 0. The van der Waals surface area contributed by atoms with E-state index < -0.39 is 0 Å². The summed E-state index contributed by atoms with van der Waals surface area (Å²) in [6.07, 6.45) is 3.73. The van der Waals surface area contributed by atoms with Gasteiger partial charge in [-0.2, -0.15) is 0 Å². The molecule has 0 aliphatic carbocycles. The number of anilines is 1. The minimum absolute atomic E-state index is 0.155. The Morgan fingerprint density at radius 1 is 1.20 bits per heavy atom. The van der Waals surface area contributed by atoms with Gasteiger partial charge >= 0.3 is 0 Å². The number of pyridine rings is 1. The first-order chi connectivity index (χ1) is 9.72. The van der Waals surface area contributed by atoms with Crippen LogP contribution in [-0.4, -0.2) is 15.3 Å². The molecule has 3 aromatic rings. The van der Waals surface area contributed by atoms with Gasteiger partial charge in [-0.1, -0.05) is 6.07 Å². The highest BCUT2D eigenvalue weighted by Crippen LogP contribution is 2.10. The van der Waals surface area contributed by atoms with Crippen molar-refractivity contribution in [3.63, 3.8) is 0 Å². The van der Waals surface area contributed by atoms with E-state index in [0.717, 1.165) is 11.3 Å². The number of nitrogens with one attached hydrogen (secondary N) is 1. The van der Waals surface area contributed by atoms with Crippen molar-refractivity contribution in [3.05, 3.63) is 66.4 Å².